The lowest BCUT2D eigenvalue weighted by Gasteiger charge is -2.14. The van der Waals surface area contributed by atoms with Gasteiger partial charge >= 0.3 is 6.18 Å². The van der Waals surface area contributed by atoms with E-state index in [0.717, 1.165) is 6.07 Å². The van der Waals surface area contributed by atoms with E-state index >= 15 is 0 Å². The zero-order valence-corrected chi connectivity index (χ0v) is 11.9. The van der Waals surface area contributed by atoms with Crippen molar-refractivity contribution in [3.05, 3.63) is 35.2 Å². The van der Waals surface area contributed by atoms with Gasteiger partial charge in [-0.25, -0.2) is 0 Å². The molecule has 0 spiro atoms. The first-order chi connectivity index (χ1) is 9.84. The third-order valence-electron chi connectivity index (χ3n) is 3.16. The van der Waals surface area contributed by atoms with Crippen molar-refractivity contribution < 1.29 is 13.2 Å². The van der Waals surface area contributed by atoms with Gasteiger partial charge in [-0.3, -0.25) is 0 Å². The molecule has 1 atom stereocenters. The molecule has 0 aliphatic rings. The van der Waals surface area contributed by atoms with Gasteiger partial charge in [0.2, 0.25) is 0 Å². The first kappa shape index (κ1) is 15.4. The molecule has 1 N–H and O–H groups in total. The van der Waals surface area contributed by atoms with E-state index < -0.39 is 11.7 Å². The van der Waals surface area contributed by atoms with E-state index in [1.165, 1.54) is 17.7 Å². The van der Waals surface area contributed by atoms with Crippen LogP contribution in [0.1, 0.15) is 36.8 Å². The fourth-order valence-electron chi connectivity index (χ4n) is 2.09. The molecular weight excluding hydrogens is 283 g/mol. The Hall–Kier alpha value is -1.96. The number of halogens is 3. The minimum atomic E-state index is -4.40. The van der Waals surface area contributed by atoms with Crippen LogP contribution in [0.5, 0.6) is 0 Å². The molecule has 2 rings (SSSR count). The molecular formula is C13H16F3N5. The van der Waals surface area contributed by atoms with Crippen molar-refractivity contribution in [3.63, 3.8) is 0 Å². The minimum absolute atomic E-state index is 0.166. The van der Waals surface area contributed by atoms with Crippen LogP contribution in [-0.4, -0.2) is 26.8 Å². The summed E-state index contributed by atoms with van der Waals surface area (Å²) in [4.78, 5) is 0. The van der Waals surface area contributed by atoms with Gasteiger partial charge in [-0.05, 0) is 48.5 Å². The number of tetrazole rings is 1. The minimum Gasteiger partial charge on any atom is -0.308 e. The van der Waals surface area contributed by atoms with Crippen LogP contribution in [0.2, 0.25) is 0 Å². The first-order valence-corrected chi connectivity index (χ1v) is 6.54. The Balaban J connectivity index is 2.47. The van der Waals surface area contributed by atoms with Crippen molar-refractivity contribution in [1.29, 1.82) is 0 Å². The van der Waals surface area contributed by atoms with Crippen LogP contribution < -0.4 is 5.32 Å². The second-order valence-electron chi connectivity index (χ2n) is 4.73. The summed E-state index contributed by atoms with van der Waals surface area (Å²) in [6, 6.07) is 3.89. The van der Waals surface area contributed by atoms with Gasteiger partial charge in [-0.15, -0.1) is 5.10 Å². The van der Waals surface area contributed by atoms with Crippen LogP contribution in [0, 0.1) is 6.92 Å². The SMILES string of the molecule is CCNC(C)c1nnnn1-c1ccc(C)c(C(F)(F)F)c1. The van der Waals surface area contributed by atoms with Gasteiger partial charge in [-0.1, -0.05) is 13.0 Å². The average molecular weight is 299 g/mol. The van der Waals surface area contributed by atoms with Gasteiger partial charge in [0, 0.05) is 0 Å². The Labute approximate surface area is 120 Å². The highest BCUT2D eigenvalue weighted by Crippen LogP contribution is 2.33. The molecule has 0 fully saturated rings. The lowest BCUT2D eigenvalue weighted by molar-refractivity contribution is -0.138. The second-order valence-corrected chi connectivity index (χ2v) is 4.73. The van der Waals surface area contributed by atoms with Gasteiger partial charge in [0.05, 0.1) is 17.3 Å². The molecule has 0 saturated carbocycles. The molecule has 0 amide bonds. The molecule has 0 bridgehead atoms. The summed E-state index contributed by atoms with van der Waals surface area (Å²) >= 11 is 0. The van der Waals surface area contributed by atoms with Crippen LogP contribution in [0.25, 0.3) is 5.69 Å². The topological polar surface area (TPSA) is 55.6 Å². The Bertz CT molecular complexity index is 621. The fraction of sp³-hybridized carbons (Fsp3) is 0.462. The van der Waals surface area contributed by atoms with E-state index in [9.17, 15) is 13.2 Å². The molecule has 2 aromatic rings. The van der Waals surface area contributed by atoms with Crippen molar-refractivity contribution in [1.82, 2.24) is 25.5 Å². The van der Waals surface area contributed by atoms with Gasteiger partial charge in [0.25, 0.3) is 0 Å². The summed E-state index contributed by atoms with van der Waals surface area (Å²) < 4.78 is 40.3. The lowest BCUT2D eigenvalue weighted by Crippen LogP contribution is -2.21. The van der Waals surface area contributed by atoms with E-state index in [1.807, 2.05) is 13.8 Å². The highest BCUT2D eigenvalue weighted by Gasteiger charge is 2.33. The van der Waals surface area contributed by atoms with Crippen LogP contribution in [-0.2, 0) is 6.18 Å². The van der Waals surface area contributed by atoms with Crippen molar-refractivity contribution in [2.75, 3.05) is 6.54 Å². The van der Waals surface area contributed by atoms with Gasteiger partial charge in [0.15, 0.2) is 5.82 Å². The van der Waals surface area contributed by atoms with E-state index in [1.54, 1.807) is 6.07 Å². The number of benzene rings is 1. The van der Waals surface area contributed by atoms with Crippen LogP contribution in [0.15, 0.2) is 18.2 Å². The Morgan fingerprint density at radius 3 is 2.67 bits per heavy atom. The Kier molecular flexibility index (Phi) is 4.26. The summed E-state index contributed by atoms with van der Waals surface area (Å²) in [5.41, 5.74) is -0.226. The Morgan fingerprint density at radius 1 is 1.33 bits per heavy atom. The maximum Gasteiger partial charge on any atom is 0.416 e. The number of aryl methyl sites for hydroxylation is 1. The summed E-state index contributed by atoms with van der Waals surface area (Å²) in [7, 11) is 0. The van der Waals surface area contributed by atoms with Crippen molar-refractivity contribution in [3.8, 4) is 5.69 Å². The fourth-order valence-corrected chi connectivity index (χ4v) is 2.09. The van der Waals surface area contributed by atoms with Crippen molar-refractivity contribution in [2.24, 2.45) is 0 Å². The van der Waals surface area contributed by atoms with Crippen molar-refractivity contribution >= 4 is 0 Å². The number of hydrogen-bond donors (Lipinski definition) is 1. The molecule has 21 heavy (non-hydrogen) atoms. The molecule has 1 aromatic heterocycles. The third kappa shape index (κ3) is 3.21. The number of aromatic nitrogens is 4. The summed E-state index contributed by atoms with van der Waals surface area (Å²) in [6.45, 7) is 5.91. The van der Waals surface area contributed by atoms with E-state index in [2.05, 4.69) is 20.8 Å². The molecule has 0 aliphatic carbocycles. The molecule has 0 saturated heterocycles. The maximum atomic E-state index is 13.0. The summed E-state index contributed by atoms with van der Waals surface area (Å²) in [6.07, 6.45) is -4.40. The molecule has 8 heteroatoms. The smallest absolute Gasteiger partial charge is 0.308 e. The molecule has 5 nitrogen and oxygen atoms in total. The molecule has 0 radical (unpaired) electrons. The third-order valence-corrected chi connectivity index (χ3v) is 3.16. The quantitative estimate of drug-likeness (QED) is 0.943. The van der Waals surface area contributed by atoms with Crippen LogP contribution in [0.4, 0.5) is 13.2 Å². The molecule has 1 aromatic carbocycles. The number of nitrogens with zero attached hydrogens (tertiary/aromatic N) is 4. The standard InChI is InChI=1S/C13H16F3N5/c1-4-17-9(3)12-18-19-20-21(12)10-6-5-8(2)11(7-10)13(14,15)16/h5-7,9,17H,4H2,1-3H3. The second kappa shape index (κ2) is 5.80. The zero-order chi connectivity index (χ0) is 15.6. The number of rotatable bonds is 4. The number of hydrogen-bond acceptors (Lipinski definition) is 4. The first-order valence-electron chi connectivity index (χ1n) is 6.54. The zero-order valence-electron chi connectivity index (χ0n) is 11.9. The summed E-state index contributed by atoms with van der Waals surface area (Å²) in [5, 5.41) is 14.4. The predicted octanol–water partition coefficient (Wildman–Crippen LogP) is 2.66. The highest BCUT2D eigenvalue weighted by molar-refractivity contribution is 5.41. The van der Waals surface area contributed by atoms with Gasteiger partial charge in [-0.2, -0.15) is 17.9 Å². The van der Waals surface area contributed by atoms with Crippen molar-refractivity contribution in [2.45, 2.75) is 33.0 Å². The van der Waals surface area contributed by atoms with E-state index in [4.69, 9.17) is 0 Å². The van der Waals surface area contributed by atoms with E-state index in [-0.39, 0.29) is 17.3 Å². The van der Waals surface area contributed by atoms with Crippen LogP contribution in [0.3, 0.4) is 0 Å². The highest BCUT2D eigenvalue weighted by atomic mass is 19.4. The van der Waals surface area contributed by atoms with Crippen LogP contribution >= 0.6 is 0 Å². The van der Waals surface area contributed by atoms with Gasteiger partial charge in [0.1, 0.15) is 0 Å². The number of alkyl halides is 3. The monoisotopic (exact) mass is 299 g/mol. The summed E-state index contributed by atoms with van der Waals surface area (Å²) in [5.74, 6) is 0.467. The average Bonchev–Trinajstić information content (AvgIpc) is 2.87. The maximum absolute atomic E-state index is 13.0. The lowest BCUT2D eigenvalue weighted by atomic mass is 10.1. The molecule has 0 aliphatic heterocycles. The van der Waals surface area contributed by atoms with Gasteiger partial charge < -0.3 is 5.32 Å². The molecule has 114 valence electrons. The molecule has 1 unspecified atom stereocenters. The largest absolute Gasteiger partial charge is 0.416 e. The number of nitrogens with one attached hydrogen (secondary N) is 1. The molecule has 1 heterocycles. The predicted molar refractivity (Wildman–Crippen MR) is 71.0 cm³/mol. The van der Waals surface area contributed by atoms with E-state index in [0.29, 0.717) is 12.4 Å². The Morgan fingerprint density at radius 2 is 2.05 bits per heavy atom. The normalized spacial score (nSPS) is 13.4.